The fraction of sp³-hybridized carbons (Fsp3) is 0.350. The summed E-state index contributed by atoms with van der Waals surface area (Å²) in [5, 5.41) is 3.18. The number of carbonyl (C=O) groups is 1. The van der Waals surface area contributed by atoms with Crippen LogP contribution in [0, 0.1) is 0 Å². The first-order chi connectivity index (χ1) is 11.8. The Kier molecular flexibility index (Phi) is 5.62. The van der Waals surface area contributed by atoms with Gasteiger partial charge < -0.3 is 11.1 Å². The number of nitrogens with two attached hydrogens (primary N) is 1. The maximum absolute atomic E-state index is 12.0. The molecule has 1 saturated heterocycles. The third-order valence-electron chi connectivity index (χ3n) is 4.59. The van der Waals surface area contributed by atoms with E-state index in [-0.39, 0.29) is 11.9 Å². The molecule has 4 nitrogen and oxygen atoms in total. The molecule has 0 unspecified atom stereocenters. The van der Waals surface area contributed by atoms with Crippen LogP contribution < -0.4 is 11.1 Å². The molecule has 126 valence electrons. The van der Waals surface area contributed by atoms with Crippen molar-refractivity contribution in [1.29, 1.82) is 0 Å². The third-order valence-corrected chi connectivity index (χ3v) is 4.59. The number of nitrogens with one attached hydrogen (secondary N) is 1. The second-order valence-electron chi connectivity index (χ2n) is 6.41. The monoisotopic (exact) mass is 323 g/mol. The molecule has 2 atom stereocenters. The van der Waals surface area contributed by atoms with Gasteiger partial charge in [-0.3, -0.25) is 9.69 Å². The van der Waals surface area contributed by atoms with Crippen LogP contribution in [0.2, 0.25) is 0 Å². The van der Waals surface area contributed by atoms with Gasteiger partial charge in [0.1, 0.15) is 0 Å². The lowest BCUT2D eigenvalue weighted by Gasteiger charge is -2.20. The van der Waals surface area contributed by atoms with Gasteiger partial charge in [0.15, 0.2) is 0 Å². The summed E-state index contributed by atoms with van der Waals surface area (Å²) in [7, 11) is 0. The first-order valence-corrected chi connectivity index (χ1v) is 8.57. The normalized spacial score (nSPS) is 20.9. The Morgan fingerprint density at radius 3 is 2.38 bits per heavy atom. The summed E-state index contributed by atoms with van der Waals surface area (Å²) in [6.45, 7) is 3.12. The number of nitrogens with zero attached hydrogens (tertiary/aromatic N) is 1. The van der Waals surface area contributed by atoms with Crippen molar-refractivity contribution in [2.24, 2.45) is 5.73 Å². The van der Waals surface area contributed by atoms with E-state index in [0.29, 0.717) is 18.9 Å². The van der Waals surface area contributed by atoms with Crippen molar-refractivity contribution in [3.8, 4) is 0 Å². The molecule has 3 rings (SSSR count). The Morgan fingerprint density at radius 1 is 1.04 bits per heavy atom. The number of carbonyl (C=O) groups excluding carboxylic acids is 1. The second-order valence-corrected chi connectivity index (χ2v) is 6.41. The SMILES string of the molecule is NCCC(=O)N[C@@H]1CN(Cc2ccccc2)C[C@H]1c1ccccc1. The van der Waals surface area contributed by atoms with Crippen LogP contribution in [0.25, 0.3) is 0 Å². The van der Waals surface area contributed by atoms with Gasteiger partial charge in [0.2, 0.25) is 5.91 Å². The van der Waals surface area contributed by atoms with Crippen molar-refractivity contribution in [3.05, 3.63) is 71.8 Å². The van der Waals surface area contributed by atoms with Crippen LogP contribution >= 0.6 is 0 Å². The van der Waals surface area contributed by atoms with Crippen molar-refractivity contribution in [2.75, 3.05) is 19.6 Å². The van der Waals surface area contributed by atoms with Gasteiger partial charge in [0.05, 0.1) is 0 Å². The van der Waals surface area contributed by atoms with Crippen LogP contribution in [0.5, 0.6) is 0 Å². The molecular weight excluding hydrogens is 298 g/mol. The molecule has 4 heteroatoms. The van der Waals surface area contributed by atoms with Gasteiger partial charge in [0, 0.05) is 44.6 Å². The molecule has 0 spiro atoms. The third kappa shape index (κ3) is 4.22. The summed E-state index contributed by atoms with van der Waals surface area (Å²) >= 11 is 0. The minimum Gasteiger partial charge on any atom is -0.351 e. The average molecular weight is 323 g/mol. The molecule has 1 aliphatic rings. The Morgan fingerprint density at radius 2 is 1.71 bits per heavy atom. The molecule has 0 aromatic heterocycles. The molecule has 2 aromatic carbocycles. The van der Waals surface area contributed by atoms with E-state index in [1.165, 1.54) is 11.1 Å². The minimum atomic E-state index is 0.0463. The maximum atomic E-state index is 12.0. The highest BCUT2D eigenvalue weighted by atomic mass is 16.1. The van der Waals surface area contributed by atoms with Gasteiger partial charge in [-0.1, -0.05) is 60.7 Å². The summed E-state index contributed by atoms with van der Waals surface area (Å²) in [6, 6.07) is 21.1. The molecule has 1 fully saturated rings. The Hall–Kier alpha value is -2.17. The van der Waals surface area contributed by atoms with E-state index < -0.39 is 0 Å². The summed E-state index contributed by atoms with van der Waals surface area (Å²) in [4.78, 5) is 14.4. The lowest BCUT2D eigenvalue weighted by Crippen LogP contribution is -2.40. The molecule has 0 radical (unpaired) electrons. The Labute approximate surface area is 143 Å². The standard InChI is InChI=1S/C20H25N3O/c21-12-11-20(24)22-19-15-23(13-16-7-3-1-4-8-16)14-18(19)17-9-5-2-6-10-17/h1-10,18-19H,11-15,21H2,(H,22,24)/t18-,19+/m0/s1. The van der Waals surface area contributed by atoms with Gasteiger partial charge in [-0.2, -0.15) is 0 Å². The molecule has 2 aromatic rings. The number of hydrogen-bond acceptors (Lipinski definition) is 3. The zero-order valence-electron chi connectivity index (χ0n) is 13.9. The number of rotatable bonds is 6. The highest BCUT2D eigenvalue weighted by molar-refractivity contribution is 5.76. The Bertz CT molecular complexity index is 644. The van der Waals surface area contributed by atoms with E-state index >= 15 is 0 Å². The van der Waals surface area contributed by atoms with Crippen LogP contribution in [0.15, 0.2) is 60.7 Å². The largest absolute Gasteiger partial charge is 0.351 e. The van der Waals surface area contributed by atoms with Crippen LogP contribution in [0.3, 0.4) is 0 Å². The van der Waals surface area contributed by atoms with Gasteiger partial charge >= 0.3 is 0 Å². The summed E-state index contributed by atoms with van der Waals surface area (Å²) in [6.07, 6.45) is 0.386. The van der Waals surface area contributed by atoms with Crippen LogP contribution in [-0.2, 0) is 11.3 Å². The number of benzene rings is 2. The van der Waals surface area contributed by atoms with Crippen molar-refractivity contribution >= 4 is 5.91 Å². The van der Waals surface area contributed by atoms with Gasteiger partial charge in [-0.25, -0.2) is 0 Å². The van der Waals surface area contributed by atoms with Crippen LogP contribution in [0.4, 0.5) is 0 Å². The molecule has 1 heterocycles. The molecule has 0 aliphatic carbocycles. The predicted molar refractivity (Wildman–Crippen MR) is 96.5 cm³/mol. The molecule has 1 amide bonds. The first-order valence-electron chi connectivity index (χ1n) is 8.57. The highest BCUT2D eigenvalue weighted by Gasteiger charge is 2.34. The Balaban J connectivity index is 1.72. The molecule has 24 heavy (non-hydrogen) atoms. The predicted octanol–water partition coefficient (Wildman–Crippen LogP) is 2.12. The fourth-order valence-corrected chi connectivity index (χ4v) is 3.45. The average Bonchev–Trinajstić information content (AvgIpc) is 2.99. The minimum absolute atomic E-state index is 0.0463. The molecule has 1 aliphatic heterocycles. The molecule has 0 bridgehead atoms. The lowest BCUT2D eigenvalue weighted by molar-refractivity contribution is -0.121. The van der Waals surface area contributed by atoms with Gasteiger partial charge in [-0.15, -0.1) is 0 Å². The van der Waals surface area contributed by atoms with Crippen LogP contribution in [0.1, 0.15) is 23.5 Å². The first kappa shape index (κ1) is 16.7. The highest BCUT2D eigenvalue weighted by Crippen LogP contribution is 2.28. The quantitative estimate of drug-likeness (QED) is 0.856. The van der Waals surface area contributed by atoms with E-state index in [1.54, 1.807) is 0 Å². The smallest absolute Gasteiger partial charge is 0.221 e. The molecular formula is C20H25N3O. The lowest BCUT2D eigenvalue weighted by atomic mass is 9.94. The maximum Gasteiger partial charge on any atom is 0.221 e. The summed E-state index contributed by atoms with van der Waals surface area (Å²) < 4.78 is 0. The van der Waals surface area contributed by atoms with Crippen molar-refractivity contribution in [1.82, 2.24) is 10.2 Å². The number of likely N-dealkylation sites (tertiary alicyclic amines) is 1. The van der Waals surface area contributed by atoms with Gasteiger partial charge in [0.25, 0.3) is 0 Å². The van der Waals surface area contributed by atoms with E-state index in [0.717, 1.165) is 19.6 Å². The van der Waals surface area contributed by atoms with E-state index in [9.17, 15) is 4.79 Å². The number of amides is 1. The van der Waals surface area contributed by atoms with Crippen molar-refractivity contribution < 1.29 is 4.79 Å². The summed E-state index contributed by atoms with van der Waals surface area (Å²) in [5.41, 5.74) is 8.10. The van der Waals surface area contributed by atoms with E-state index in [2.05, 4.69) is 58.7 Å². The topological polar surface area (TPSA) is 58.4 Å². The van der Waals surface area contributed by atoms with E-state index in [4.69, 9.17) is 5.73 Å². The van der Waals surface area contributed by atoms with Crippen LogP contribution in [-0.4, -0.2) is 36.5 Å². The van der Waals surface area contributed by atoms with E-state index in [1.807, 2.05) is 12.1 Å². The second kappa shape index (κ2) is 8.08. The summed E-state index contributed by atoms with van der Waals surface area (Å²) in [5.74, 6) is 0.363. The molecule has 3 N–H and O–H groups in total. The van der Waals surface area contributed by atoms with Crippen molar-refractivity contribution in [2.45, 2.75) is 24.9 Å². The van der Waals surface area contributed by atoms with Gasteiger partial charge in [-0.05, 0) is 11.1 Å². The fourth-order valence-electron chi connectivity index (χ4n) is 3.45. The number of hydrogen-bond donors (Lipinski definition) is 2. The zero-order chi connectivity index (χ0) is 16.8. The molecule has 0 saturated carbocycles. The zero-order valence-corrected chi connectivity index (χ0v) is 13.9. The van der Waals surface area contributed by atoms with Crippen molar-refractivity contribution in [3.63, 3.8) is 0 Å².